The third-order valence-corrected chi connectivity index (χ3v) is 4.65. The van der Waals surface area contributed by atoms with Gasteiger partial charge in [0.1, 0.15) is 5.82 Å². The zero-order chi connectivity index (χ0) is 18.5. The lowest BCUT2D eigenvalue weighted by molar-refractivity contribution is -0.114. The molecule has 4 nitrogen and oxygen atoms in total. The van der Waals surface area contributed by atoms with Crippen molar-refractivity contribution in [3.63, 3.8) is 0 Å². The molecule has 0 saturated heterocycles. The average molecular weight is 368 g/mol. The van der Waals surface area contributed by atoms with Crippen LogP contribution < -0.4 is 10.6 Å². The minimum atomic E-state index is -0.552. The number of hydrogen-bond acceptors (Lipinski definition) is 3. The summed E-state index contributed by atoms with van der Waals surface area (Å²) in [6.45, 7) is 1.30. The van der Waals surface area contributed by atoms with Crippen LogP contribution in [0.15, 0.2) is 65.6 Å². The van der Waals surface area contributed by atoms with Gasteiger partial charge in [-0.1, -0.05) is 30.3 Å². The summed E-state index contributed by atoms with van der Waals surface area (Å²) in [6, 6.07) is 18.1. The maximum Gasteiger partial charge on any atom is 0.234 e. The van der Waals surface area contributed by atoms with Gasteiger partial charge in [-0.2, -0.15) is 0 Å². The van der Waals surface area contributed by atoms with E-state index in [-0.39, 0.29) is 23.3 Å². The minimum Gasteiger partial charge on any atom is -0.325 e. The van der Waals surface area contributed by atoms with Crippen LogP contribution in [0.4, 0.5) is 15.8 Å². The van der Waals surface area contributed by atoms with Gasteiger partial charge in [0.05, 0.1) is 11.4 Å². The van der Waals surface area contributed by atoms with Crippen LogP contribution in [0.1, 0.15) is 6.92 Å². The third kappa shape index (κ3) is 4.61. The molecule has 0 atom stereocenters. The monoisotopic (exact) mass is 368 g/mol. The fourth-order valence-corrected chi connectivity index (χ4v) is 3.24. The van der Waals surface area contributed by atoms with Crippen LogP contribution in [-0.4, -0.2) is 17.6 Å². The standard InChI is InChI=1S/C20H17FN2O2S/c1-13(24)22-19-11-16(7-9-18(19)21)23-20(25)12-26-17-8-6-14-4-2-3-5-15(14)10-17/h2-11H,12H2,1H3,(H,22,24)(H,23,25). The van der Waals surface area contributed by atoms with Gasteiger partial charge < -0.3 is 10.6 Å². The summed E-state index contributed by atoms with van der Waals surface area (Å²) in [5.41, 5.74) is 0.469. The molecule has 0 fully saturated rings. The number of anilines is 2. The van der Waals surface area contributed by atoms with E-state index in [0.717, 1.165) is 15.7 Å². The van der Waals surface area contributed by atoms with Crippen molar-refractivity contribution in [1.29, 1.82) is 0 Å². The van der Waals surface area contributed by atoms with E-state index in [0.29, 0.717) is 5.69 Å². The Hall–Kier alpha value is -2.86. The molecule has 3 rings (SSSR count). The fourth-order valence-electron chi connectivity index (χ4n) is 2.49. The van der Waals surface area contributed by atoms with E-state index in [4.69, 9.17) is 0 Å². The normalized spacial score (nSPS) is 10.5. The molecule has 0 spiro atoms. The Bertz CT molecular complexity index is 975. The van der Waals surface area contributed by atoms with Crippen LogP contribution in [0.2, 0.25) is 0 Å². The number of fused-ring (bicyclic) bond motifs is 1. The number of benzene rings is 3. The highest BCUT2D eigenvalue weighted by Gasteiger charge is 2.08. The smallest absolute Gasteiger partial charge is 0.234 e. The SMILES string of the molecule is CC(=O)Nc1cc(NC(=O)CSc2ccc3ccccc3c2)ccc1F. The van der Waals surface area contributed by atoms with E-state index in [9.17, 15) is 14.0 Å². The lowest BCUT2D eigenvalue weighted by Gasteiger charge is -2.09. The Labute approximate surface area is 154 Å². The average Bonchev–Trinajstić information content (AvgIpc) is 2.62. The van der Waals surface area contributed by atoms with Crippen molar-refractivity contribution in [1.82, 2.24) is 0 Å². The molecule has 3 aromatic rings. The fraction of sp³-hybridized carbons (Fsp3) is 0.100. The molecule has 0 heterocycles. The van der Waals surface area contributed by atoms with Crippen molar-refractivity contribution in [2.45, 2.75) is 11.8 Å². The van der Waals surface area contributed by atoms with Gasteiger partial charge in [0.2, 0.25) is 11.8 Å². The highest BCUT2D eigenvalue weighted by molar-refractivity contribution is 8.00. The quantitative estimate of drug-likeness (QED) is 0.644. The summed E-state index contributed by atoms with van der Waals surface area (Å²) >= 11 is 1.42. The Kier molecular flexibility index (Phi) is 5.53. The van der Waals surface area contributed by atoms with Gasteiger partial charge in [0.25, 0.3) is 0 Å². The lowest BCUT2D eigenvalue weighted by Crippen LogP contribution is -2.15. The van der Waals surface area contributed by atoms with Crippen molar-refractivity contribution < 1.29 is 14.0 Å². The topological polar surface area (TPSA) is 58.2 Å². The van der Waals surface area contributed by atoms with Crippen LogP contribution in [0.25, 0.3) is 10.8 Å². The molecule has 0 aromatic heterocycles. The Morgan fingerprint density at radius 3 is 2.50 bits per heavy atom. The van der Waals surface area contributed by atoms with Crippen molar-refractivity contribution in [2.75, 3.05) is 16.4 Å². The van der Waals surface area contributed by atoms with Crippen LogP contribution in [0.3, 0.4) is 0 Å². The summed E-state index contributed by atoms with van der Waals surface area (Å²) in [4.78, 5) is 24.2. The molecule has 0 aliphatic carbocycles. The van der Waals surface area contributed by atoms with Crippen LogP contribution in [-0.2, 0) is 9.59 Å². The first-order chi connectivity index (χ1) is 12.5. The molecule has 2 N–H and O–H groups in total. The van der Waals surface area contributed by atoms with Gasteiger partial charge in [0, 0.05) is 17.5 Å². The van der Waals surface area contributed by atoms with Gasteiger partial charge in [-0.15, -0.1) is 11.8 Å². The Balaban J connectivity index is 1.62. The van der Waals surface area contributed by atoms with E-state index in [2.05, 4.69) is 10.6 Å². The molecule has 3 aromatic carbocycles. The first-order valence-corrected chi connectivity index (χ1v) is 8.98. The minimum absolute atomic E-state index is 0.0393. The number of nitrogens with one attached hydrogen (secondary N) is 2. The number of hydrogen-bond donors (Lipinski definition) is 2. The van der Waals surface area contributed by atoms with Gasteiger partial charge in [0.15, 0.2) is 0 Å². The van der Waals surface area contributed by atoms with Crippen LogP contribution >= 0.6 is 11.8 Å². The van der Waals surface area contributed by atoms with Crippen molar-refractivity contribution in [3.05, 3.63) is 66.5 Å². The number of thioether (sulfide) groups is 1. The van der Waals surface area contributed by atoms with Crippen molar-refractivity contribution >= 4 is 45.7 Å². The summed E-state index contributed by atoms with van der Waals surface area (Å²) in [5.74, 6) is -0.905. The van der Waals surface area contributed by atoms with E-state index in [1.54, 1.807) is 0 Å². The molecule has 0 unspecified atom stereocenters. The van der Waals surface area contributed by atoms with Crippen LogP contribution in [0, 0.1) is 5.82 Å². The Morgan fingerprint density at radius 1 is 0.962 bits per heavy atom. The highest BCUT2D eigenvalue weighted by atomic mass is 32.2. The largest absolute Gasteiger partial charge is 0.325 e. The molecule has 2 amide bonds. The van der Waals surface area contributed by atoms with Crippen LogP contribution in [0.5, 0.6) is 0 Å². The van der Waals surface area contributed by atoms with E-state index in [1.807, 2.05) is 42.5 Å². The van der Waals surface area contributed by atoms with E-state index in [1.165, 1.54) is 36.9 Å². The first-order valence-electron chi connectivity index (χ1n) is 8.00. The maximum absolute atomic E-state index is 13.6. The molecule has 0 aliphatic heterocycles. The summed E-state index contributed by atoms with van der Waals surface area (Å²) in [7, 11) is 0. The van der Waals surface area contributed by atoms with Gasteiger partial charge in [-0.25, -0.2) is 4.39 Å². The zero-order valence-electron chi connectivity index (χ0n) is 14.1. The van der Waals surface area contributed by atoms with Gasteiger partial charge in [-0.3, -0.25) is 9.59 Å². The van der Waals surface area contributed by atoms with E-state index < -0.39 is 5.82 Å². The summed E-state index contributed by atoms with van der Waals surface area (Å²) in [5, 5.41) is 7.38. The number of rotatable bonds is 5. The molecule has 0 radical (unpaired) electrons. The first kappa shape index (κ1) is 17.9. The molecule has 0 saturated carbocycles. The molecular formula is C20H17FN2O2S. The van der Waals surface area contributed by atoms with Gasteiger partial charge in [-0.05, 0) is 41.1 Å². The number of amides is 2. The predicted molar refractivity (Wildman–Crippen MR) is 104 cm³/mol. The second-order valence-electron chi connectivity index (χ2n) is 5.72. The number of halogens is 1. The molecule has 0 aliphatic rings. The van der Waals surface area contributed by atoms with Crippen molar-refractivity contribution in [2.24, 2.45) is 0 Å². The van der Waals surface area contributed by atoms with E-state index >= 15 is 0 Å². The Morgan fingerprint density at radius 2 is 1.73 bits per heavy atom. The molecule has 26 heavy (non-hydrogen) atoms. The lowest BCUT2D eigenvalue weighted by atomic mass is 10.1. The maximum atomic E-state index is 13.6. The molecule has 0 bridgehead atoms. The number of carbonyl (C=O) groups excluding carboxylic acids is 2. The zero-order valence-corrected chi connectivity index (χ0v) is 14.9. The summed E-state index contributed by atoms with van der Waals surface area (Å²) < 4.78 is 13.6. The molecule has 6 heteroatoms. The molecular weight excluding hydrogens is 351 g/mol. The molecule has 132 valence electrons. The highest BCUT2D eigenvalue weighted by Crippen LogP contribution is 2.24. The second-order valence-corrected chi connectivity index (χ2v) is 6.77. The third-order valence-electron chi connectivity index (χ3n) is 3.65. The summed E-state index contributed by atoms with van der Waals surface area (Å²) in [6.07, 6.45) is 0. The predicted octanol–water partition coefficient (Wildman–Crippen LogP) is 4.67. The second kappa shape index (κ2) is 8.01. The van der Waals surface area contributed by atoms with Gasteiger partial charge >= 0.3 is 0 Å². The van der Waals surface area contributed by atoms with Crippen molar-refractivity contribution in [3.8, 4) is 0 Å². The number of carbonyl (C=O) groups is 2.